The molecule has 1 N–H and O–H groups in total. The van der Waals surface area contributed by atoms with Crippen LogP contribution in [0.4, 0.5) is 10.7 Å². The summed E-state index contributed by atoms with van der Waals surface area (Å²) >= 11 is 0. The Labute approximate surface area is 173 Å². The molecule has 1 amide bonds. The van der Waals surface area contributed by atoms with E-state index in [0.717, 1.165) is 18.3 Å². The number of nitrogens with zero attached hydrogens (tertiary/aromatic N) is 3. The van der Waals surface area contributed by atoms with Crippen LogP contribution in [0.25, 0.3) is 0 Å². The van der Waals surface area contributed by atoms with E-state index in [1.165, 1.54) is 0 Å². The van der Waals surface area contributed by atoms with Crippen LogP contribution >= 0.6 is 0 Å². The third-order valence-electron chi connectivity index (χ3n) is 5.70. The SMILES string of the molecule is CC(C)(C)OC(=O)N1CCC[C@H]1CNc1ncc(B2OC(C)(C)C(C)(C)O2)cn1. The lowest BCUT2D eigenvalue weighted by Gasteiger charge is -2.32. The van der Waals surface area contributed by atoms with Crippen molar-refractivity contribution in [2.45, 2.75) is 84.2 Å². The van der Waals surface area contributed by atoms with Gasteiger partial charge in [0.1, 0.15) is 5.60 Å². The minimum atomic E-state index is -0.496. The maximum absolute atomic E-state index is 12.4. The number of amides is 1. The predicted molar refractivity (Wildman–Crippen MR) is 112 cm³/mol. The molecule has 0 bridgehead atoms. The summed E-state index contributed by atoms with van der Waals surface area (Å²) in [6, 6.07) is 0.0659. The van der Waals surface area contributed by atoms with Crippen molar-refractivity contribution in [2.24, 2.45) is 0 Å². The minimum Gasteiger partial charge on any atom is -0.444 e. The molecule has 0 aromatic carbocycles. The lowest BCUT2D eigenvalue weighted by atomic mass is 9.81. The Balaban J connectivity index is 1.56. The first kappa shape index (κ1) is 21.8. The third kappa shape index (κ3) is 5.01. The predicted octanol–water partition coefficient (Wildman–Crippen LogP) is 2.59. The summed E-state index contributed by atoms with van der Waals surface area (Å²) in [7, 11) is -0.480. The van der Waals surface area contributed by atoms with Gasteiger partial charge in [-0.15, -0.1) is 0 Å². The van der Waals surface area contributed by atoms with Gasteiger partial charge in [0, 0.05) is 30.9 Å². The van der Waals surface area contributed by atoms with Gasteiger partial charge in [-0.05, 0) is 61.3 Å². The fourth-order valence-electron chi connectivity index (χ4n) is 3.35. The fraction of sp³-hybridized carbons (Fsp3) is 0.750. The smallest absolute Gasteiger partial charge is 0.444 e. The highest BCUT2D eigenvalue weighted by Gasteiger charge is 2.52. The molecule has 9 heteroatoms. The molecule has 1 aromatic rings. The number of carbonyl (C=O) groups is 1. The molecule has 1 atom stereocenters. The summed E-state index contributed by atoms with van der Waals surface area (Å²) in [4.78, 5) is 23.0. The van der Waals surface area contributed by atoms with E-state index >= 15 is 0 Å². The Morgan fingerprint density at radius 2 is 1.83 bits per heavy atom. The Kier molecular flexibility index (Phi) is 5.84. The van der Waals surface area contributed by atoms with E-state index in [1.807, 2.05) is 48.5 Å². The van der Waals surface area contributed by atoms with E-state index < -0.39 is 23.9 Å². The zero-order valence-corrected chi connectivity index (χ0v) is 18.6. The molecule has 1 aromatic heterocycles. The average molecular weight is 404 g/mol. The molecule has 29 heavy (non-hydrogen) atoms. The van der Waals surface area contributed by atoms with E-state index in [2.05, 4.69) is 15.3 Å². The van der Waals surface area contributed by atoms with Crippen LogP contribution in [0.1, 0.15) is 61.3 Å². The van der Waals surface area contributed by atoms with Gasteiger partial charge in [0.25, 0.3) is 0 Å². The molecule has 0 aliphatic carbocycles. The van der Waals surface area contributed by atoms with Crippen LogP contribution in [0.5, 0.6) is 0 Å². The normalized spacial score (nSPS) is 23.3. The van der Waals surface area contributed by atoms with Crippen molar-refractivity contribution in [3.05, 3.63) is 12.4 Å². The number of rotatable bonds is 4. The molecular weight excluding hydrogens is 371 g/mol. The van der Waals surface area contributed by atoms with E-state index in [0.29, 0.717) is 19.0 Å². The zero-order chi connectivity index (χ0) is 21.4. The number of likely N-dealkylation sites (tertiary alicyclic amines) is 1. The molecule has 160 valence electrons. The van der Waals surface area contributed by atoms with Crippen molar-refractivity contribution in [3.63, 3.8) is 0 Å². The van der Waals surface area contributed by atoms with Gasteiger partial charge >= 0.3 is 13.2 Å². The van der Waals surface area contributed by atoms with Gasteiger partial charge in [-0.3, -0.25) is 0 Å². The summed E-state index contributed by atoms with van der Waals surface area (Å²) in [5.41, 5.74) is -0.514. The van der Waals surface area contributed by atoms with Gasteiger partial charge in [0.2, 0.25) is 5.95 Å². The average Bonchev–Trinajstić information content (AvgIpc) is 3.14. The first-order chi connectivity index (χ1) is 13.4. The first-order valence-electron chi connectivity index (χ1n) is 10.3. The largest absolute Gasteiger partial charge is 0.498 e. The van der Waals surface area contributed by atoms with E-state index in [9.17, 15) is 4.79 Å². The number of nitrogens with one attached hydrogen (secondary N) is 1. The summed E-state index contributed by atoms with van der Waals surface area (Å²) in [6.07, 6.45) is 5.07. The lowest BCUT2D eigenvalue weighted by Crippen LogP contribution is -2.42. The molecule has 2 aliphatic heterocycles. The second-order valence-corrected chi connectivity index (χ2v) is 9.78. The number of ether oxygens (including phenoxy) is 1. The highest BCUT2D eigenvalue weighted by Crippen LogP contribution is 2.36. The Morgan fingerprint density at radius 3 is 2.38 bits per heavy atom. The Bertz CT molecular complexity index is 717. The fourth-order valence-corrected chi connectivity index (χ4v) is 3.35. The summed E-state index contributed by atoms with van der Waals surface area (Å²) in [5.74, 6) is 0.515. The molecule has 2 aliphatic rings. The van der Waals surface area contributed by atoms with Crippen LogP contribution < -0.4 is 10.8 Å². The summed E-state index contributed by atoms with van der Waals surface area (Å²) in [6.45, 7) is 15.0. The van der Waals surface area contributed by atoms with Crippen molar-refractivity contribution in [3.8, 4) is 0 Å². The van der Waals surface area contributed by atoms with Gasteiger partial charge in [0.15, 0.2) is 0 Å². The number of hydrogen-bond acceptors (Lipinski definition) is 7. The number of anilines is 1. The monoisotopic (exact) mass is 404 g/mol. The first-order valence-corrected chi connectivity index (χ1v) is 10.3. The van der Waals surface area contributed by atoms with Gasteiger partial charge in [-0.25, -0.2) is 14.8 Å². The van der Waals surface area contributed by atoms with Gasteiger partial charge in [0.05, 0.1) is 17.2 Å². The molecule has 3 rings (SSSR count). The van der Waals surface area contributed by atoms with Crippen molar-refractivity contribution in [2.75, 3.05) is 18.4 Å². The molecule has 0 unspecified atom stereocenters. The van der Waals surface area contributed by atoms with Crippen LogP contribution in [0.2, 0.25) is 0 Å². The third-order valence-corrected chi connectivity index (χ3v) is 5.70. The number of aromatic nitrogens is 2. The van der Waals surface area contributed by atoms with Crippen LogP contribution in [0, 0.1) is 0 Å². The quantitative estimate of drug-likeness (QED) is 0.772. The molecule has 0 spiro atoms. The molecule has 3 heterocycles. The maximum atomic E-state index is 12.4. The second kappa shape index (κ2) is 7.76. The lowest BCUT2D eigenvalue weighted by molar-refractivity contribution is 0.00578. The van der Waals surface area contributed by atoms with E-state index in [1.54, 1.807) is 17.3 Å². The molecule has 2 fully saturated rings. The topological polar surface area (TPSA) is 85.8 Å². The summed E-state index contributed by atoms with van der Waals surface area (Å²) < 4.78 is 17.6. The van der Waals surface area contributed by atoms with Crippen molar-refractivity contribution >= 4 is 24.6 Å². The number of hydrogen-bond donors (Lipinski definition) is 1. The van der Waals surface area contributed by atoms with Crippen LogP contribution in [0.15, 0.2) is 12.4 Å². The van der Waals surface area contributed by atoms with Gasteiger partial charge < -0.3 is 24.3 Å². The van der Waals surface area contributed by atoms with Crippen LogP contribution in [-0.4, -0.2) is 64.0 Å². The Morgan fingerprint density at radius 1 is 1.24 bits per heavy atom. The maximum Gasteiger partial charge on any atom is 0.498 e. The molecular formula is C20H33BN4O4. The molecule has 8 nitrogen and oxygen atoms in total. The highest BCUT2D eigenvalue weighted by molar-refractivity contribution is 6.61. The number of carbonyl (C=O) groups excluding carboxylic acids is 1. The highest BCUT2D eigenvalue weighted by atomic mass is 16.7. The van der Waals surface area contributed by atoms with Crippen molar-refractivity contribution in [1.29, 1.82) is 0 Å². The standard InChI is InChI=1S/C20H33BN4O4/c1-18(2,3)27-17(26)25-10-8-9-15(25)13-24-16-22-11-14(12-23-16)21-28-19(4,5)20(6,7)29-21/h11-12,15H,8-10,13H2,1-7H3,(H,22,23,24)/t15-/m0/s1. The molecule has 2 saturated heterocycles. The zero-order valence-electron chi connectivity index (χ0n) is 18.6. The molecule has 0 radical (unpaired) electrons. The minimum absolute atomic E-state index is 0.0659. The van der Waals surface area contributed by atoms with Crippen molar-refractivity contribution in [1.82, 2.24) is 14.9 Å². The van der Waals surface area contributed by atoms with Gasteiger partial charge in [-0.1, -0.05) is 0 Å². The van der Waals surface area contributed by atoms with Crippen molar-refractivity contribution < 1.29 is 18.8 Å². The van der Waals surface area contributed by atoms with Gasteiger partial charge in [-0.2, -0.15) is 0 Å². The van der Waals surface area contributed by atoms with Crippen LogP contribution in [0.3, 0.4) is 0 Å². The Hall–Kier alpha value is -1.87. The second-order valence-electron chi connectivity index (χ2n) is 9.78. The van der Waals surface area contributed by atoms with E-state index in [-0.39, 0.29) is 12.1 Å². The summed E-state index contributed by atoms with van der Waals surface area (Å²) in [5, 5.41) is 3.23. The van der Waals surface area contributed by atoms with Crippen LogP contribution in [-0.2, 0) is 14.0 Å². The van der Waals surface area contributed by atoms with E-state index in [4.69, 9.17) is 14.0 Å². The molecule has 0 saturated carbocycles.